The molecule has 2 aromatic carbocycles. The number of nitrogens with zero attached hydrogens (tertiary/aromatic N) is 3. The third kappa shape index (κ3) is 6.30. The molecule has 1 aromatic heterocycles. The summed E-state index contributed by atoms with van der Waals surface area (Å²) in [7, 11) is -3.84. The van der Waals surface area contributed by atoms with Crippen molar-refractivity contribution in [1.29, 1.82) is 0 Å². The molecule has 12 heteroatoms. The van der Waals surface area contributed by atoms with Crippen LogP contribution >= 0.6 is 11.8 Å². The van der Waals surface area contributed by atoms with Crippen LogP contribution < -0.4 is 14.8 Å². The van der Waals surface area contributed by atoms with Gasteiger partial charge in [0.2, 0.25) is 15.9 Å². The Hall–Kier alpha value is -2.80. The quantitative estimate of drug-likeness (QED) is 0.316. The lowest BCUT2D eigenvalue weighted by molar-refractivity contribution is 0.170. The number of anilines is 1. The van der Waals surface area contributed by atoms with E-state index in [-0.39, 0.29) is 41.2 Å². The molecule has 3 N–H and O–H groups in total. The predicted octanol–water partition coefficient (Wildman–Crippen LogP) is 3.26. The number of sulfonamides is 1. The maximum absolute atomic E-state index is 14.1. The summed E-state index contributed by atoms with van der Waals surface area (Å²) in [5.74, 6) is -1.00. The van der Waals surface area contributed by atoms with Crippen molar-refractivity contribution < 1.29 is 27.0 Å². The summed E-state index contributed by atoms with van der Waals surface area (Å²) in [6, 6.07) is 10.5. The number of aliphatic hydroxyl groups is 1. The lowest BCUT2D eigenvalue weighted by Gasteiger charge is -2.30. The Morgan fingerprint density at radius 1 is 1.19 bits per heavy atom. The summed E-state index contributed by atoms with van der Waals surface area (Å²) in [6.45, 7) is 3.03. The predicted molar refractivity (Wildman–Crippen MR) is 132 cm³/mol. The standard InChI is InChI=1S/C24H26F2N4O4S2/c1-15(12-31)13-34-22-10-21(28-24(29-22)35-14-17-3-2-4-20(25)23(17)26)30-8-7-16-5-6-19(36(27,32)33)9-18(16)11-30/h2-6,9-10,15,31H,7-8,11-14H2,1H3,(H2,27,32,33). The Balaban J connectivity index is 1.61. The van der Waals surface area contributed by atoms with Crippen molar-refractivity contribution in [3.05, 3.63) is 70.8 Å². The van der Waals surface area contributed by atoms with Gasteiger partial charge in [0, 0.05) is 43.0 Å². The zero-order valence-corrected chi connectivity index (χ0v) is 21.2. The summed E-state index contributed by atoms with van der Waals surface area (Å²) in [6.07, 6.45) is 0.666. The molecule has 8 nitrogen and oxygen atoms in total. The second kappa shape index (κ2) is 11.1. The zero-order chi connectivity index (χ0) is 25.9. The SMILES string of the molecule is CC(CO)COc1cc(N2CCc3ccc(S(N)(=O)=O)cc3C2)nc(SCc2cccc(F)c2F)n1. The minimum atomic E-state index is -3.84. The Bertz CT molecular complexity index is 1360. The van der Waals surface area contributed by atoms with Crippen molar-refractivity contribution >= 4 is 27.6 Å². The van der Waals surface area contributed by atoms with E-state index in [0.717, 1.165) is 29.0 Å². The summed E-state index contributed by atoms with van der Waals surface area (Å²) in [5.41, 5.74) is 2.03. The highest BCUT2D eigenvalue weighted by Gasteiger charge is 2.22. The van der Waals surface area contributed by atoms with Crippen LogP contribution in [0.25, 0.3) is 0 Å². The van der Waals surface area contributed by atoms with E-state index in [2.05, 4.69) is 9.97 Å². The van der Waals surface area contributed by atoms with Crippen LogP contribution in [0.15, 0.2) is 52.5 Å². The molecule has 36 heavy (non-hydrogen) atoms. The molecule has 0 saturated heterocycles. The summed E-state index contributed by atoms with van der Waals surface area (Å²) < 4.78 is 57.1. The molecule has 0 bridgehead atoms. The van der Waals surface area contributed by atoms with Crippen LogP contribution in [0.3, 0.4) is 0 Å². The van der Waals surface area contributed by atoms with Crippen LogP contribution in [0, 0.1) is 17.6 Å². The number of fused-ring (bicyclic) bond motifs is 1. The van der Waals surface area contributed by atoms with Gasteiger partial charge in [0.15, 0.2) is 16.8 Å². The fourth-order valence-electron chi connectivity index (χ4n) is 3.68. The van der Waals surface area contributed by atoms with E-state index in [1.54, 1.807) is 18.2 Å². The van der Waals surface area contributed by atoms with Crippen molar-refractivity contribution in [3.63, 3.8) is 0 Å². The average molecular weight is 537 g/mol. The molecule has 0 radical (unpaired) electrons. The average Bonchev–Trinajstić information content (AvgIpc) is 2.86. The fourth-order valence-corrected chi connectivity index (χ4v) is 5.07. The highest BCUT2D eigenvalue weighted by Crippen LogP contribution is 2.30. The van der Waals surface area contributed by atoms with Gasteiger partial charge in [-0.05, 0) is 35.7 Å². The summed E-state index contributed by atoms with van der Waals surface area (Å²) in [5, 5.41) is 14.9. The van der Waals surface area contributed by atoms with Crippen molar-refractivity contribution in [2.45, 2.75) is 35.7 Å². The molecule has 0 fully saturated rings. The Morgan fingerprint density at radius 3 is 2.75 bits per heavy atom. The first-order chi connectivity index (χ1) is 17.1. The number of aliphatic hydroxyl groups excluding tert-OH is 1. The Labute approximate surface area is 212 Å². The molecule has 0 aliphatic carbocycles. The molecule has 1 unspecified atom stereocenters. The molecule has 3 aromatic rings. The van der Waals surface area contributed by atoms with E-state index < -0.39 is 21.7 Å². The minimum absolute atomic E-state index is 0.0427. The largest absolute Gasteiger partial charge is 0.477 e. The van der Waals surface area contributed by atoms with Gasteiger partial charge in [-0.25, -0.2) is 27.3 Å². The molecule has 2 heterocycles. The number of rotatable bonds is 9. The first-order valence-electron chi connectivity index (χ1n) is 11.2. The van der Waals surface area contributed by atoms with E-state index >= 15 is 0 Å². The molecule has 0 saturated carbocycles. The maximum atomic E-state index is 14.1. The van der Waals surface area contributed by atoms with E-state index in [9.17, 15) is 22.3 Å². The first kappa shape index (κ1) is 26.3. The molecule has 1 aliphatic heterocycles. The number of hydrogen-bond acceptors (Lipinski definition) is 8. The Morgan fingerprint density at radius 2 is 2.00 bits per heavy atom. The smallest absolute Gasteiger partial charge is 0.238 e. The van der Waals surface area contributed by atoms with Crippen LogP contribution in [0.2, 0.25) is 0 Å². The van der Waals surface area contributed by atoms with Gasteiger partial charge >= 0.3 is 0 Å². The van der Waals surface area contributed by atoms with Crippen molar-refractivity contribution in [1.82, 2.24) is 9.97 Å². The number of thioether (sulfide) groups is 1. The summed E-state index contributed by atoms with van der Waals surface area (Å²) in [4.78, 5) is 11.0. The van der Waals surface area contributed by atoms with Gasteiger partial charge in [-0.2, -0.15) is 4.98 Å². The van der Waals surface area contributed by atoms with Crippen LogP contribution in [0.5, 0.6) is 5.88 Å². The van der Waals surface area contributed by atoms with Crippen LogP contribution in [-0.2, 0) is 28.7 Å². The molecule has 1 aliphatic rings. The molecule has 192 valence electrons. The number of ether oxygens (including phenoxy) is 1. The number of benzene rings is 2. The second-order valence-electron chi connectivity index (χ2n) is 8.59. The molecular weight excluding hydrogens is 510 g/mol. The third-order valence-corrected chi connectivity index (χ3v) is 7.53. The van der Waals surface area contributed by atoms with Gasteiger partial charge < -0.3 is 14.7 Å². The number of aromatic nitrogens is 2. The van der Waals surface area contributed by atoms with E-state index in [1.807, 2.05) is 11.8 Å². The minimum Gasteiger partial charge on any atom is -0.477 e. The molecular formula is C24H26F2N4O4S2. The van der Waals surface area contributed by atoms with Gasteiger partial charge in [-0.1, -0.05) is 36.9 Å². The van der Waals surface area contributed by atoms with E-state index in [1.165, 1.54) is 18.2 Å². The van der Waals surface area contributed by atoms with Crippen LogP contribution in [0.1, 0.15) is 23.6 Å². The van der Waals surface area contributed by atoms with Crippen LogP contribution in [0.4, 0.5) is 14.6 Å². The van der Waals surface area contributed by atoms with Crippen molar-refractivity contribution in [3.8, 4) is 5.88 Å². The highest BCUT2D eigenvalue weighted by atomic mass is 32.2. The van der Waals surface area contributed by atoms with Gasteiger partial charge in [0.1, 0.15) is 5.82 Å². The number of hydrogen-bond donors (Lipinski definition) is 2. The third-order valence-electron chi connectivity index (χ3n) is 5.73. The normalized spacial score (nSPS) is 14.4. The number of primary sulfonamides is 1. The highest BCUT2D eigenvalue weighted by molar-refractivity contribution is 7.98. The van der Waals surface area contributed by atoms with Crippen LogP contribution in [-0.4, -0.2) is 43.3 Å². The van der Waals surface area contributed by atoms with Gasteiger partial charge in [-0.3, -0.25) is 0 Å². The lowest BCUT2D eigenvalue weighted by atomic mass is 10.00. The second-order valence-corrected chi connectivity index (χ2v) is 11.1. The van der Waals surface area contributed by atoms with E-state index in [4.69, 9.17) is 9.88 Å². The topological polar surface area (TPSA) is 119 Å². The fraction of sp³-hybridized carbons (Fsp3) is 0.333. The maximum Gasteiger partial charge on any atom is 0.238 e. The molecule has 0 amide bonds. The molecule has 1 atom stereocenters. The van der Waals surface area contributed by atoms with Gasteiger partial charge in [0.25, 0.3) is 0 Å². The number of halogens is 2. The van der Waals surface area contributed by atoms with Gasteiger partial charge in [-0.15, -0.1) is 0 Å². The van der Waals surface area contributed by atoms with E-state index in [0.29, 0.717) is 30.5 Å². The van der Waals surface area contributed by atoms with Gasteiger partial charge in [0.05, 0.1) is 11.5 Å². The Kier molecular flexibility index (Phi) is 8.08. The molecule has 0 spiro atoms. The zero-order valence-electron chi connectivity index (χ0n) is 19.5. The molecule has 4 rings (SSSR count). The van der Waals surface area contributed by atoms with Crippen molar-refractivity contribution in [2.24, 2.45) is 11.1 Å². The van der Waals surface area contributed by atoms with Crippen molar-refractivity contribution in [2.75, 3.05) is 24.7 Å². The monoisotopic (exact) mass is 536 g/mol. The number of nitrogens with two attached hydrogens (primary N) is 1. The lowest BCUT2D eigenvalue weighted by Crippen LogP contribution is -2.31. The summed E-state index contributed by atoms with van der Waals surface area (Å²) >= 11 is 1.14. The first-order valence-corrected chi connectivity index (χ1v) is 13.7.